The SMILES string of the molecule is CCOc1ccc(CNC(=O)c2cccc(C#N)c2)cc1. The first-order valence-electron chi connectivity index (χ1n) is 6.73. The summed E-state index contributed by atoms with van der Waals surface area (Å²) in [5.74, 6) is 0.621. The highest BCUT2D eigenvalue weighted by Gasteiger charge is 2.06. The average molecular weight is 280 g/mol. The fraction of sp³-hybridized carbons (Fsp3) is 0.176. The van der Waals surface area contributed by atoms with E-state index in [2.05, 4.69) is 5.32 Å². The first-order chi connectivity index (χ1) is 10.2. The summed E-state index contributed by atoms with van der Waals surface area (Å²) in [4.78, 5) is 12.0. The number of carbonyl (C=O) groups is 1. The Bertz CT molecular complexity index is 657. The maximum absolute atomic E-state index is 12.0. The zero-order chi connectivity index (χ0) is 15.1. The van der Waals surface area contributed by atoms with Crippen LogP contribution in [0.5, 0.6) is 5.75 Å². The summed E-state index contributed by atoms with van der Waals surface area (Å²) in [7, 11) is 0. The molecule has 106 valence electrons. The van der Waals surface area contributed by atoms with Crippen LogP contribution >= 0.6 is 0 Å². The lowest BCUT2D eigenvalue weighted by molar-refractivity contribution is 0.0951. The van der Waals surface area contributed by atoms with Crippen LogP contribution in [0, 0.1) is 11.3 Å². The molecule has 0 aliphatic carbocycles. The quantitative estimate of drug-likeness (QED) is 0.916. The van der Waals surface area contributed by atoms with Crippen molar-refractivity contribution in [3.8, 4) is 11.8 Å². The highest BCUT2D eigenvalue weighted by Crippen LogP contribution is 2.12. The van der Waals surface area contributed by atoms with E-state index in [-0.39, 0.29) is 5.91 Å². The fourth-order valence-electron chi connectivity index (χ4n) is 1.88. The van der Waals surface area contributed by atoms with Crippen LogP contribution in [-0.4, -0.2) is 12.5 Å². The lowest BCUT2D eigenvalue weighted by atomic mass is 10.1. The molecule has 1 N–H and O–H groups in total. The summed E-state index contributed by atoms with van der Waals surface area (Å²) in [5.41, 5.74) is 1.95. The number of ether oxygens (including phenoxy) is 1. The molecule has 0 spiro atoms. The van der Waals surface area contributed by atoms with E-state index in [0.29, 0.717) is 24.3 Å². The van der Waals surface area contributed by atoms with Gasteiger partial charge in [0.2, 0.25) is 0 Å². The van der Waals surface area contributed by atoms with Crippen LogP contribution in [0.2, 0.25) is 0 Å². The van der Waals surface area contributed by atoms with Crippen molar-refractivity contribution in [1.82, 2.24) is 5.32 Å². The van der Waals surface area contributed by atoms with Gasteiger partial charge >= 0.3 is 0 Å². The molecule has 21 heavy (non-hydrogen) atoms. The molecule has 1 amide bonds. The first-order valence-corrected chi connectivity index (χ1v) is 6.73. The van der Waals surface area contributed by atoms with E-state index in [0.717, 1.165) is 11.3 Å². The highest BCUT2D eigenvalue weighted by molar-refractivity contribution is 5.94. The molecule has 0 atom stereocenters. The minimum Gasteiger partial charge on any atom is -0.494 e. The van der Waals surface area contributed by atoms with Crippen molar-refractivity contribution < 1.29 is 9.53 Å². The number of nitrogens with one attached hydrogen (secondary N) is 1. The molecular formula is C17H16N2O2. The Morgan fingerprint density at radius 3 is 2.67 bits per heavy atom. The van der Waals surface area contributed by atoms with Crippen molar-refractivity contribution in [3.05, 3.63) is 65.2 Å². The lowest BCUT2D eigenvalue weighted by Crippen LogP contribution is -2.22. The number of hydrogen-bond acceptors (Lipinski definition) is 3. The van der Waals surface area contributed by atoms with Gasteiger partial charge in [-0.2, -0.15) is 5.26 Å². The number of nitrogens with zero attached hydrogens (tertiary/aromatic N) is 1. The second kappa shape index (κ2) is 7.11. The van der Waals surface area contributed by atoms with Gasteiger partial charge in [0.15, 0.2) is 0 Å². The molecule has 2 aromatic carbocycles. The summed E-state index contributed by atoms with van der Waals surface area (Å²) in [5, 5.41) is 11.7. The smallest absolute Gasteiger partial charge is 0.251 e. The number of rotatable bonds is 5. The van der Waals surface area contributed by atoms with Crippen molar-refractivity contribution in [1.29, 1.82) is 5.26 Å². The molecule has 4 nitrogen and oxygen atoms in total. The van der Waals surface area contributed by atoms with Gasteiger partial charge in [-0.25, -0.2) is 0 Å². The summed E-state index contributed by atoms with van der Waals surface area (Å²) in [6.45, 7) is 3.00. The van der Waals surface area contributed by atoms with Crippen LogP contribution in [0.4, 0.5) is 0 Å². The van der Waals surface area contributed by atoms with Gasteiger partial charge in [0.25, 0.3) is 5.91 Å². The van der Waals surface area contributed by atoms with Crippen molar-refractivity contribution in [2.45, 2.75) is 13.5 Å². The Kier molecular flexibility index (Phi) is 4.94. The van der Waals surface area contributed by atoms with Gasteiger partial charge in [0.05, 0.1) is 18.2 Å². The standard InChI is InChI=1S/C17H16N2O2/c1-2-21-16-8-6-13(7-9-16)12-19-17(20)15-5-3-4-14(10-15)11-18/h3-10H,2,12H2,1H3,(H,19,20). The molecule has 0 radical (unpaired) electrons. The predicted molar refractivity (Wildman–Crippen MR) is 79.9 cm³/mol. The third-order valence-electron chi connectivity index (χ3n) is 2.94. The predicted octanol–water partition coefficient (Wildman–Crippen LogP) is 2.89. The van der Waals surface area contributed by atoms with E-state index < -0.39 is 0 Å². The zero-order valence-corrected chi connectivity index (χ0v) is 11.8. The summed E-state index contributed by atoms with van der Waals surface area (Å²) in [6, 6.07) is 16.2. The Hall–Kier alpha value is -2.80. The van der Waals surface area contributed by atoms with Gasteiger partial charge in [0, 0.05) is 12.1 Å². The van der Waals surface area contributed by atoms with E-state index in [1.807, 2.05) is 37.3 Å². The second-order valence-corrected chi connectivity index (χ2v) is 4.45. The third-order valence-corrected chi connectivity index (χ3v) is 2.94. The van der Waals surface area contributed by atoms with Crippen molar-refractivity contribution in [3.63, 3.8) is 0 Å². The van der Waals surface area contributed by atoms with Crippen LogP contribution in [-0.2, 0) is 6.54 Å². The number of hydrogen-bond donors (Lipinski definition) is 1. The number of amides is 1. The number of nitriles is 1. The van der Waals surface area contributed by atoms with Gasteiger partial charge in [-0.15, -0.1) is 0 Å². The van der Waals surface area contributed by atoms with Crippen molar-refractivity contribution in [2.75, 3.05) is 6.61 Å². The third kappa shape index (κ3) is 4.08. The van der Waals surface area contributed by atoms with E-state index >= 15 is 0 Å². The van der Waals surface area contributed by atoms with E-state index in [1.165, 1.54) is 0 Å². The van der Waals surface area contributed by atoms with Gasteiger partial charge < -0.3 is 10.1 Å². The molecule has 2 aromatic rings. The highest BCUT2D eigenvalue weighted by atomic mass is 16.5. The first kappa shape index (κ1) is 14.6. The number of carbonyl (C=O) groups excluding carboxylic acids is 1. The number of benzene rings is 2. The molecule has 4 heteroatoms. The van der Waals surface area contributed by atoms with Crippen molar-refractivity contribution >= 4 is 5.91 Å². The molecule has 0 aromatic heterocycles. The molecule has 0 saturated carbocycles. The largest absolute Gasteiger partial charge is 0.494 e. The van der Waals surface area contributed by atoms with Gasteiger partial charge in [0.1, 0.15) is 5.75 Å². The molecule has 0 heterocycles. The Balaban J connectivity index is 1.95. The van der Waals surface area contributed by atoms with Crippen LogP contribution < -0.4 is 10.1 Å². The molecule has 0 bridgehead atoms. The van der Waals surface area contributed by atoms with E-state index in [1.54, 1.807) is 24.3 Å². The average Bonchev–Trinajstić information content (AvgIpc) is 2.54. The topological polar surface area (TPSA) is 62.1 Å². The Morgan fingerprint density at radius 1 is 1.24 bits per heavy atom. The minimum atomic E-state index is -0.194. The molecule has 0 aliphatic rings. The zero-order valence-electron chi connectivity index (χ0n) is 11.8. The van der Waals surface area contributed by atoms with Crippen LogP contribution in [0.3, 0.4) is 0 Å². The monoisotopic (exact) mass is 280 g/mol. The minimum absolute atomic E-state index is 0.194. The van der Waals surface area contributed by atoms with Gasteiger partial charge in [-0.1, -0.05) is 18.2 Å². The van der Waals surface area contributed by atoms with Crippen LogP contribution in [0.1, 0.15) is 28.4 Å². The van der Waals surface area contributed by atoms with Crippen LogP contribution in [0.15, 0.2) is 48.5 Å². The molecule has 0 saturated heterocycles. The summed E-state index contributed by atoms with van der Waals surface area (Å²) in [6.07, 6.45) is 0. The molecular weight excluding hydrogens is 264 g/mol. The maximum atomic E-state index is 12.0. The van der Waals surface area contributed by atoms with Gasteiger partial charge in [-0.05, 0) is 42.8 Å². The molecule has 2 rings (SSSR count). The fourth-order valence-corrected chi connectivity index (χ4v) is 1.88. The van der Waals surface area contributed by atoms with Crippen LogP contribution in [0.25, 0.3) is 0 Å². The van der Waals surface area contributed by atoms with E-state index in [9.17, 15) is 4.79 Å². The summed E-state index contributed by atoms with van der Waals surface area (Å²) >= 11 is 0. The van der Waals surface area contributed by atoms with Crippen molar-refractivity contribution in [2.24, 2.45) is 0 Å². The Labute approximate surface area is 124 Å². The molecule has 0 unspecified atom stereocenters. The summed E-state index contributed by atoms with van der Waals surface area (Å²) < 4.78 is 5.36. The molecule has 0 aliphatic heterocycles. The van der Waals surface area contributed by atoms with Gasteiger partial charge in [-0.3, -0.25) is 4.79 Å². The molecule has 0 fully saturated rings. The normalized spacial score (nSPS) is 9.71. The maximum Gasteiger partial charge on any atom is 0.251 e. The lowest BCUT2D eigenvalue weighted by Gasteiger charge is -2.07. The van der Waals surface area contributed by atoms with E-state index in [4.69, 9.17) is 10.00 Å². The Morgan fingerprint density at radius 2 is 2.00 bits per heavy atom. The second-order valence-electron chi connectivity index (χ2n) is 4.45.